The molecular formula is C27H24ClN3O3S. The molecule has 0 unspecified atom stereocenters. The molecule has 0 saturated carbocycles. The van der Waals surface area contributed by atoms with E-state index in [1.807, 2.05) is 67.3 Å². The summed E-state index contributed by atoms with van der Waals surface area (Å²) >= 11 is 11.9. The highest BCUT2D eigenvalue weighted by Crippen LogP contribution is 2.33. The molecule has 1 aromatic heterocycles. The average molecular weight is 506 g/mol. The first-order valence-electron chi connectivity index (χ1n) is 11.2. The smallest absolute Gasteiger partial charge is 0.253 e. The molecule has 3 aromatic carbocycles. The fourth-order valence-corrected chi connectivity index (χ4v) is 4.61. The molecule has 0 bridgehead atoms. The number of fused-ring (bicyclic) bond motifs is 2. The van der Waals surface area contributed by atoms with E-state index in [0.29, 0.717) is 34.5 Å². The van der Waals surface area contributed by atoms with Gasteiger partial charge in [0.05, 0.1) is 12.1 Å². The van der Waals surface area contributed by atoms with Crippen molar-refractivity contribution in [3.8, 4) is 11.5 Å². The van der Waals surface area contributed by atoms with E-state index in [1.54, 1.807) is 6.07 Å². The quantitative estimate of drug-likeness (QED) is 0.328. The van der Waals surface area contributed by atoms with Crippen LogP contribution in [0.2, 0.25) is 5.02 Å². The second-order valence-electron chi connectivity index (χ2n) is 8.60. The van der Waals surface area contributed by atoms with Crippen LogP contribution in [-0.2, 0) is 13.1 Å². The number of nitrogens with one attached hydrogen (secondary N) is 2. The Bertz CT molecular complexity index is 1500. The molecule has 5 rings (SSSR count). The molecule has 0 amide bonds. The van der Waals surface area contributed by atoms with Crippen LogP contribution >= 0.6 is 23.8 Å². The maximum Gasteiger partial charge on any atom is 0.253 e. The molecule has 6 nitrogen and oxygen atoms in total. The first kappa shape index (κ1) is 23.2. The van der Waals surface area contributed by atoms with E-state index >= 15 is 0 Å². The molecule has 2 heterocycles. The van der Waals surface area contributed by atoms with Crippen LogP contribution in [0.3, 0.4) is 0 Å². The minimum atomic E-state index is -0.132. The predicted octanol–water partition coefficient (Wildman–Crippen LogP) is 5.93. The summed E-state index contributed by atoms with van der Waals surface area (Å²) in [7, 11) is 0. The summed E-state index contributed by atoms with van der Waals surface area (Å²) in [6.07, 6.45) is 0. The van der Waals surface area contributed by atoms with Gasteiger partial charge in [-0.3, -0.25) is 4.79 Å². The number of nitrogens with zero attached hydrogens (tertiary/aromatic N) is 1. The minimum absolute atomic E-state index is 0.132. The molecule has 1 aliphatic heterocycles. The lowest BCUT2D eigenvalue weighted by Gasteiger charge is -2.26. The van der Waals surface area contributed by atoms with Gasteiger partial charge < -0.3 is 24.7 Å². The normalized spacial score (nSPS) is 12.1. The minimum Gasteiger partial charge on any atom is -0.454 e. The van der Waals surface area contributed by atoms with Crippen molar-refractivity contribution in [1.82, 2.24) is 9.88 Å². The van der Waals surface area contributed by atoms with Gasteiger partial charge in [-0.1, -0.05) is 35.9 Å². The van der Waals surface area contributed by atoms with E-state index in [9.17, 15) is 4.79 Å². The third-order valence-electron chi connectivity index (χ3n) is 6.06. The Morgan fingerprint density at radius 2 is 1.83 bits per heavy atom. The van der Waals surface area contributed by atoms with Gasteiger partial charge in [-0.2, -0.15) is 0 Å². The highest BCUT2D eigenvalue weighted by atomic mass is 35.5. The Morgan fingerprint density at radius 1 is 1.03 bits per heavy atom. The number of benzene rings is 3. The van der Waals surface area contributed by atoms with E-state index in [4.69, 9.17) is 33.3 Å². The van der Waals surface area contributed by atoms with E-state index in [1.165, 1.54) is 0 Å². The van der Waals surface area contributed by atoms with Crippen molar-refractivity contribution in [3.63, 3.8) is 0 Å². The highest BCUT2D eigenvalue weighted by molar-refractivity contribution is 7.80. The molecule has 8 heteroatoms. The van der Waals surface area contributed by atoms with Gasteiger partial charge in [-0.05, 0) is 79.2 Å². The van der Waals surface area contributed by atoms with Crippen LogP contribution in [0.1, 0.15) is 22.3 Å². The summed E-state index contributed by atoms with van der Waals surface area (Å²) < 4.78 is 11.0. The zero-order valence-electron chi connectivity index (χ0n) is 19.4. The lowest BCUT2D eigenvalue weighted by molar-refractivity contribution is 0.174. The van der Waals surface area contributed by atoms with Gasteiger partial charge in [0.1, 0.15) is 0 Å². The molecule has 4 aromatic rings. The second-order valence-corrected chi connectivity index (χ2v) is 9.42. The molecule has 0 fully saturated rings. The van der Waals surface area contributed by atoms with Crippen LogP contribution in [0.15, 0.2) is 65.5 Å². The van der Waals surface area contributed by atoms with Crippen molar-refractivity contribution in [1.29, 1.82) is 0 Å². The van der Waals surface area contributed by atoms with Crippen molar-refractivity contribution in [2.24, 2.45) is 0 Å². The first-order chi connectivity index (χ1) is 16.9. The van der Waals surface area contributed by atoms with E-state index in [2.05, 4.69) is 16.4 Å². The number of aryl methyl sites for hydroxylation is 2. The summed E-state index contributed by atoms with van der Waals surface area (Å²) in [4.78, 5) is 18.1. The molecule has 0 saturated heterocycles. The Balaban J connectivity index is 1.49. The van der Waals surface area contributed by atoms with E-state index in [0.717, 1.165) is 39.0 Å². The third kappa shape index (κ3) is 4.97. The summed E-state index contributed by atoms with van der Waals surface area (Å²) in [5, 5.41) is 5.37. The zero-order chi connectivity index (χ0) is 24.5. The van der Waals surface area contributed by atoms with Gasteiger partial charge in [0.25, 0.3) is 5.56 Å². The number of aromatic nitrogens is 1. The molecule has 35 heavy (non-hydrogen) atoms. The lowest BCUT2D eigenvalue weighted by atomic mass is 10.0. The second kappa shape index (κ2) is 9.60. The predicted molar refractivity (Wildman–Crippen MR) is 144 cm³/mol. The van der Waals surface area contributed by atoms with Crippen molar-refractivity contribution >= 4 is 45.5 Å². The monoisotopic (exact) mass is 505 g/mol. The van der Waals surface area contributed by atoms with E-state index < -0.39 is 0 Å². The van der Waals surface area contributed by atoms with Gasteiger partial charge in [0.15, 0.2) is 16.6 Å². The summed E-state index contributed by atoms with van der Waals surface area (Å²) in [5.74, 6) is 1.42. The summed E-state index contributed by atoms with van der Waals surface area (Å²) in [5.41, 5.74) is 5.25. The average Bonchev–Trinajstić information content (AvgIpc) is 3.30. The number of rotatable bonds is 5. The summed E-state index contributed by atoms with van der Waals surface area (Å²) in [6, 6.07) is 19.2. The van der Waals surface area contributed by atoms with Gasteiger partial charge in [-0.25, -0.2) is 0 Å². The Labute approximate surface area is 213 Å². The molecule has 0 radical (unpaired) electrons. The number of pyridine rings is 1. The SMILES string of the molecule is Cc1ccc(C)c2[nH]c(=O)c(CN(Cc3ccc4c(c3)OCO4)C(=S)Nc3cccc(Cl)c3)cc12. The standard InChI is InChI=1S/C27H24ClN3O3S/c1-16-6-7-17(2)25-22(16)11-19(26(32)30-25)14-31(27(35)29-21-5-3-4-20(28)12-21)13-18-8-9-23-24(10-18)34-15-33-23/h3-12H,13-15H2,1-2H3,(H,29,35)(H,30,32). The van der Waals surface area contributed by atoms with Crippen molar-refractivity contribution < 1.29 is 9.47 Å². The van der Waals surface area contributed by atoms with Crippen LogP contribution in [-0.4, -0.2) is 21.8 Å². The van der Waals surface area contributed by atoms with Crippen LogP contribution in [0, 0.1) is 13.8 Å². The van der Waals surface area contributed by atoms with Gasteiger partial charge in [0, 0.05) is 28.2 Å². The Morgan fingerprint density at radius 3 is 2.66 bits per heavy atom. The van der Waals surface area contributed by atoms with Gasteiger partial charge in [0.2, 0.25) is 6.79 Å². The molecule has 0 aliphatic carbocycles. The van der Waals surface area contributed by atoms with Crippen LogP contribution in [0.4, 0.5) is 5.69 Å². The van der Waals surface area contributed by atoms with Crippen LogP contribution in [0.25, 0.3) is 10.9 Å². The van der Waals surface area contributed by atoms with Crippen molar-refractivity contribution in [3.05, 3.63) is 98.3 Å². The molecular weight excluding hydrogens is 482 g/mol. The maximum absolute atomic E-state index is 13.1. The molecule has 0 spiro atoms. The highest BCUT2D eigenvalue weighted by Gasteiger charge is 2.18. The Kier molecular flexibility index (Phi) is 6.36. The van der Waals surface area contributed by atoms with E-state index in [-0.39, 0.29) is 12.4 Å². The topological polar surface area (TPSA) is 66.6 Å². The number of H-pyrrole nitrogens is 1. The Hall–Kier alpha value is -3.55. The number of ether oxygens (including phenoxy) is 2. The zero-order valence-corrected chi connectivity index (χ0v) is 20.9. The lowest BCUT2D eigenvalue weighted by Crippen LogP contribution is -2.35. The maximum atomic E-state index is 13.1. The van der Waals surface area contributed by atoms with Crippen LogP contribution in [0.5, 0.6) is 11.5 Å². The van der Waals surface area contributed by atoms with Crippen molar-refractivity contribution in [2.75, 3.05) is 12.1 Å². The third-order valence-corrected chi connectivity index (χ3v) is 6.65. The van der Waals surface area contributed by atoms with Gasteiger partial charge in [-0.15, -0.1) is 0 Å². The first-order valence-corrected chi connectivity index (χ1v) is 12.0. The largest absolute Gasteiger partial charge is 0.454 e. The molecule has 2 N–H and O–H groups in total. The molecule has 178 valence electrons. The number of aromatic amines is 1. The number of hydrogen-bond donors (Lipinski definition) is 2. The fraction of sp³-hybridized carbons (Fsp3) is 0.185. The summed E-state index contributed by atoms with van der Waals surface area (Å²) in [6.45, 7) is 5.03. The van der Waals surface area contributed by atoms with Crippen molar-refractivity contribution in [2.45, 2.75) is 26.9 Å². The number of thiocarbonyl (C=S) groups is 1. The number of halogens is 1. The number of anilines is 1. The number of hydrogen-bond acceptors (Lipinski definition) is 4. The molecule has 1 aliphatic rings. The fourth-order valence-electron chi connectivity index (χ4n) is 4.17. The van der Waals surface area contributed by atoms with Crippen LogP contribution < -0.4 is 20.3 Å². The molecule has 0 atom stereocenters. The van der Waals surface area contributed by atoms with Gasteiger partial charge >= 0.3 is 0 Å².